The van der Waals surface area contributed by atoms with E-state index in [1.54, 1.807) is 54.6 Å². The van der Waals surface area contributed by atoms with E-state index in [2.05, 4.69) is 5.32 Å². The van der Waals surface area contributed by atoms with Crippen LogP contribution in [0.3, 0.4) is 0 Å². The molecule has 0 saturated heterocycles. The molecule has 0 aliphatic carbocycles. The third-order valence-corrected chi connectivity index (χ3v) is 5.60. The summed E-state index contributed by atoms with van der Waals surface area (Å²) in [6, 6.07) is 18.3. The van der Waals surface area contributed by atoms with Crippen molar-refractivity contribution in [3.63, 3.8) is 0 Å². The number of hydrogen-bond donors (Lipinski definition) is 1. The number of amides is 2. The van der Waals surface area contributed by atoms with Crippen molar-refractivity contribution in [3.8, 4) is 5.75 Å². The Morgan fingerprint density at radius 1 is 1.00 bits per heavy atom. The van der Waals surface area contributed by atoms with E-state index in [0.717, 1.165) is 10.5 Å². The van der Waals surface area contributed by atoms with E-state index in [-0.39, 0.29) is 23.4 Å². The van der Waals surface area contributed by atoms with Gasteiger partial charge in [-0.1, -0.05) is 48.0 Å². The Balaban J connectivity index is 1.76. The van der Waals surface area contributed by atoms with Crippen molar-refractivity contribution in [2.24, 2.45) is 0 Å². The first kappa shape index (κ1) is 22.6. The Hall–Kier alpha value is -3.64. The number of aryl methyl sites for hydroxylation is 1. The molecule has 1 aliphatic heterocycles. The van der Waals surface area contributed by atoms with Crippen LogP contribution in [0.5, 0.6) is 5.75 Å². The van der Waals surface area contributed by atoms with E-state index in [0.29, 0.717) is 28.6 Å². The maximum absolute atomic E-state index is 14.3. The van der Waals surface area contributed by atoms with Gasteiger partial charge in [-0.05, 0) is 55.3 Å². The predicted molar refractivity (Wildman–Crippen MR) is 126 cm³/mol. The normalized spacial score (nSPS) is 13.6. The number of hydrogen-bond acceptors (Lipinski definition) is 4. The van der Waals surface area contributed by atoms with Crippen LogP contribution in [0.1, 0.15) is 23.6 Å². The van der Waals surface area contributed by atoms with Gasteiger partial charge in [-0.15, -0.1) is 0 Å². The summed E-state index contributed by atoms with van der Waals surface area (Å²) in [7, 11) is 0. The molecule has 0 aromatic heterocycles. The van der Waals surface area contributed by atoms with Crippen molar-refractivity contribution in [2.75, 3.05) is 11.9 Å². The molecule has 0 unspecified atom stereocenters. The first-order chi connectivity index (χ1) is 15.9. The van der Waals surface area contributed by atoms with Gasteiger partial charge in [0.1, 0.15) is 17.3 Å². The first-order valence-electron chi connectivity index (χ1n) is 10.5. The fraction of sp³-hybridized carbons (Fsp3) is 0.154. The summed E-state index contributed by atoms with van der Waals surface area (Å²) >= 11 is 6.15. The maximum Gasteiger partial charge on any atom is 0.278 e. The van der Waals surface area contributed by atoms with Crippen LogP contribution in [0.4, 0.5) is 10.1 Å². The second kappa shape index (κ2) is 9.46. The van der Waals surface area contributed by atoms with Gasteiger partial charge in [-0.3, -0.25) is 14.5 Å². The molecule has 0 radical (unpaired) electrons. The van der Waals surface area contributed by atoms with Gasteiger partial charge >= 0.3 is 0 Å². The molecule has 168 valence electrons. The minimum absolute atomic E-state index is 0.117. The van der Waals surface area contributed by atoms with Crippen LogP contribution in [0.2, 0.25) is 5.02 Å². The molecule has 33 heavy (non-hydrogen) atoms. The van der Waals surface area contributed by atoms with Crippen LogP contribution in [-0.4, -0.2) is 23.3 Å². The molecule has 0 bridgehead atoms. The number of carbonyl (C=O) groups excluding carboxylic acids is 2. The van der Waals surface area contributed by atoms with Crippen LogP contribution in [-0.2, 0) is 16.1 Å². The van der Waals surface area contributed by atoms with Crippen molar-refractivity contribution in [1.29, 1.82) is 0 Å². The van der Waals surface area contributed by atoms with Gasteiger partial charge in [0.2, 0.25) is 0 Å². The maximum atomic E-state index is 14.3. The number of imide groups is 1. The quantitative estimate of drug-likeness (QED) is 0.464. The van der Waals surface area contributed by atoms with E-state index >= 15 is 0 Å². The average Bonchev–Trinajstić information content (AvgIpc) is 3.03. The first-order valence-corrected chi connectivity index (χ1v) is 10.9. The number of anilines is 1. The molecule has 7 heteroatoms. The summed E-state index contributed by atoms with van der Waals surface area (Å²) in [6.45, 7) is 4.08. The fourth-order valence-corrected chi connectivity index (χ4v) is 3.82. The Morgan fingerprint density at radius 3 is 2.42 bits per heavy atom. The molecular weight excluding hydrogens is 443 g/mol. The highest BCUT2D eigenvalue weighted by Gasteiger charge is 2.39. The molecule has 3 aromatic rings. The van der Waals surface area contributed by atoms with E-state index in [9.17, 15) is 14.0 Å². The van der Waals surface area contributed by atoms with Crippen LogP contribution < -0.4 is 10.1 Å². The van der Waals surface area contributed by atoms with E-state index in [1.165, 1.54) is 6.07 Å². The lowest BCUT2D eigenvalue weighted by molar-refractivity contribution is -0.137. The predicted octanol–water partition coefficient (Wildman–Crippen LogP) is 5.58. The zero-order valence-electron chi connectivity index (χ0n) is 18.2. The zero-order chi connectivity index (χ0) is 23.5. The number of rotatable bonds is 7. The standard InChI is InChI=1S/C26H22ClFN2O3/c1-3-33-20-12-9-17(10-13-20)23-24(29-22-14-19(27)11-8-16(22)2)26(32)30(25(23)31)15-18-6-4-5-7-21(18)28/h4-14,29H,3,15H2,1-2H3. The molecule has 0 atom stereocenters. The van der Waals surface area contributed by atoms with Crippen LogP contribution in [0.15, 0.2) is 72.4 Å². The smallest absolute Gasteiger partial charge is 0.278 e. The summed E-state index contributed by atoms with van der Waals surface area (Å²) in [5.74, 6) is -0.865. The van der Waals surface area contributed by atoms with Crippen molar-refractivity contribution in [3.05, 3.63) is 100.0 Å². The molecular formula is C26H22ClFN2O3. The Labute approximate surface area is 196 Å². The summed E-state index contributed by atoms with van der Waals surface area (Å²) in [5.41, 5.74) is 2.59. The fourth-order valence-electron chi connectivity index (χ4n) is 3.65. The summed E-state index contributed by atoms with van der Waals surface area (Å²) < 4.78 is 19.8. The summed E-state index contributed by atoms with van der Waals surface area (Å²) in [5, 5.41) is 3.60. The van der Waals surface area contributed by atoms with E-state index in [4.69, 9.17) is 16.3 Å². The van der Waals surface area contributed by atoms with Gasteiger partial charge in [0.05, 0.1) is 18.7 Å². The SMILES string of the molecule is CCOc1ccc(C2=C(Nc3cc(Cl)ccc3C)C(=O)N(Cc3ccccc3F)C2=O)cc1. The van der Waals surface area contributed by atoms with Gasteiger partial charge in [0, 0.05) is 16.3 Å². The highest BCUT2D eigenvalue weighted by molar-refractivity contribution is 6.36. The second-order valence-electron chi connectivity index (χ2n) is 7.58. The lowest BCUT2D eigenvalue weighted by atomic mass is 10.0. The number of halogens is 2. The monoisotopic (exact) mass is 464 g/mol. The van der Waals surface area contributed by atoms with Crippen molar-refractivity contribution in [1.82, 2.24) is 4.90 Å². The molecule has 1 aliphatic rings. The van der Waals surface area contributed by atoms with Crippen LogP contribution in [0, 0.1) is 12.7 Å². The Morgan fingerprint density at radius 2 is 1.73 bits per heavy atom. The minimum atomic E-state index is -0.536. The van der Waals surface area contributed by atoms with Gasteiger partial charge in [0.15, 0.2) is 0 Å². The molecule has 0 spiro atoms. The average molecular weight is 465 g/mol. The lowest BCUT2D eigenvalue weighted by Crippen LogP contribution is -2.32. The second-order valence-corrected chi connectivity index (χ2v) is 8.02. The van der Waals surface area contributed by atoms with Crippen molar-refractivity contribution < 1.29 is 18.7 Å². The van der Waals surface area contributed by atoms with Crippen LogP contribution in [0.25, 0.3) is 5.57 Å². The van der Waals surface area contributed by atoms with Gasteiger partial charge in [0.25, 0.3) is 11.8 Å². The van der Waals surface area contributed by atoms with Gasteiger partial charge in [-0.2, -0.15) is 0 Å². The highest BCUT2D eigenvalue weighted by atomic mass is 35.5. The Bertz CT molecular complexity index is 1250. The number of benzene rings is 3. The van der Waals surface area contributed by atoms with E-state index < -0.39 is 17.6 Å². The molecule has 0 fully saturated rings. The van der Waals surface area contributed by atoms with Crippen molar-refractivity contribution >= 4 is 34.7 Å². The third-order valence-electron chi connectivity index (χ3n) is 5.37. The van der Waals surface area contributed by atoms with E-state index in [1.807, 2.05) is 19.9 Å². The van der Waals surface area contributed by atoms with Crippen LogP contribution >= 0.6 is 11.6 Å². The number of carbonyl (C=O) groups is 2. The molecule has 1 N–H and O–H groups in total. The van der Waals surface area contributed by atoms with Gasteiger partial charge < -0.3 is 10.1 Å². The minimum Gasteiger partial charge on any atom is -0.494 e. The largest absolute Gasteiger partial charge is 0.494 e. The number of nitrogens with one attached hydrogen (secondary N) is 1. The lowest BCUT2D eigenvalue weighted by Gasteiger charge is -2.16. The molecule has 0 saturated carbocycles. The highest BCUT2D eigenvalue weighted by Crippen LogP contribution is 2.33. The topological polar surface area (TPSA) is 58.6 Å². The third kappa shape index (κ3) is 4.61. The Kier molecular flexibility index (Phi) is 6.47. The molecule has 3 aromatic carbocycles. The summed E-state index contributed by atoms with van der Waals surface area (Å²) in [6.07, 6.45) is 0. The molecule has 5 nitrogen and oxygen atoms in total. The van der Waals surface area contributed by atoms with Crippen molar-refractivity contribution in [2.45, 2.75) is 20.4 Å². The molecule has 1 heterocycles. The number of ether oxygens (including phenoxy) is 1. The molecule has 2 amide bonds. The summed E-state index contributed by atoms with van der Waals surface area (Å²) in [4.78, 5) is 27.9. The zero-order valence-corrected chi connectivity index (χ0v) is 18.9. The number of nitrogens with zero attached hydrogens (tertiary/aromatic N) is 1. The van der Waals surface area contributed by atoms with Gasteiger partial charge in [-0.25, -0.2) is 4.39 Å². The molecule has 4 rings (SSSR count).